The number of hydrogen-bond acceptors (Lipinski definition) is 6. The van der Waals surface area contributed by atoms with Crippen LogP contribution in [0.3, 0.4) is 0 Å². The summed E-state index contributed by atoms with van der Waals surface area (Å²) in [6.07, 6.45) is 5.38. The average Bonchev–Trinajstić information content (AvgIpc) is 3.55. The summed E-state index contributed by atoms with van der Waals surface area (Å²) in [7, 11) is 1.62. The Bertz CT molecular complexity index is 1300. The van der Waals surface area contributed by atoms with E-state index in [1.807, 2.05) is 30.5 Å². The molecule has 1 aromatic carbocycles. The average molecular weight is 552 g/mol. The summed E-state index contributed by atoms with van der Waals surface area (Å²) in [4.78, 5) is 19.6. The number of pyridine rings is 1. The second-order valence-corrected chi connectivity index (χ2v) is 11.1. The van der Waals surface area contributed by atoms with Crippen LogP contribution in [0, 0.1) is 6.92 Å². The van der Waals surface area contributed by atoms with E-state index in [0.717, 1.165) is 48.2 Å². The summed E-state index contributed by atoms with van der Waals surface area (Å²) in [6, 6.07) is 12.5. The van der Waals surface area contributed by atoms with Gasteiger partial charge in [0, 0.05) is 67.1 Å². The highest BCUT2D eigenvalue weighted by Crippen LogP contribution is 2.41. The molecule has 3 heterocycles. The number of carbonyl (C=O) groups is 1. The number of aliphatic hydroxyl groups is 1. The number of amides is 1. The molecule has 0 spiro atoms. The van der Waals surface area contributed by atoms with Gasteiger partial charge in [-0.25, -0.2) is 4.98 Å². The molecule has 1 amide bonds. The Balaban J connectivity index is 1.33. The molecule has 2 fully saturated rings. The van der Waals surface area contributed by atoms with E-state index in [9.17, 15) is 9.90 Å². The maximum atomic E-state index is 11.4. The number of aromatic nitrogens is 2. The Kier molecular flexibility index (Phi) is 8.87. The monoisotopic (exact) mass is 551 g/mol. The molecule has 2 aromatic heterocycles. The number of methoxy groups -OCH3 is 1. The van der Waals surface area contributed by atoms with Crippen LogP contribution in [0.4, 0.5) is 0 Å². The van der Waals surface area contributed by atoms with E-state index in [1.165, 1.54) is 11.3 Å². The third-order valence-corrected chi connectivity index (χ3v) is 8.48. The largest absolute Gasteiger partial charge is 0.481 e. The van der Waals surface area contributed by atoms with E-state index in [1.54, 1.807) is 7.11 Å². The molecule has 0 radical (unpaired) electrons. The Morgan fingerprint density at radius 1 is 1.15 bits per heavy atom. The number of ether oxygens (including phenoxy) is 1. The molecular weight excluding hydrogens is 514 g/mol. The van der Waals surface area contributed by atoms with Gasteiger partial charge in [0.05, 0.1) is 23.9 Å². The fourth-order valence-corrected chi connectivity index (χ4v) is 6.18. The number of aryl methyl sites for hydroxylation is 1. The fourth-order valence-electron chi connectivity index (χ4n) is 5.82. The molecule has 3 unspecified atom stereocenters. The third-order valence-electron chi connectivity index (χ3n) is 8.06. The minimum absolute atomic E-state index is 0.0814. The van der Waals surface area contributed by atoms with Crippen LogP contribution >= 0.6 is 11.6 Å². The van der Waals surface area contributed by atoms with Crippen LogP contribution in [0.5, 0.6) is 5.88 Å². The zero-order valence-corrected chi connectivity index (χ0v) is 23.4. The number of H-pyrrole nitrogens is 1. The van der Waals surface area contributed by atoms with E-state index >= 15 is 0 Å². The first-order chi connectivity index (χ1) is 18.9. The first-order valence-electron chi connectivity index (χ1n) is 13.8. The summed E-state index contributed by atoms with van der Waals surface area (Å²) in [5.74, 6) is 0.744. The minimum atomic E-state index is -0.345. The molecule has 1 saturated heterocycles. The van der Waals surface area contributed by atoms with Crippen molar-refractivity contribution in [1.82, 2.24) is 25.9 Å². The third kappa shape index (κ3) is 6.47. The van der Waals surface area contributed by atoms with Crippen LogP contribution in [-0.4, -0.2) is 52.8 Å². The number of benzene rings is 1. The van der Waals surface area contributed by atoms with Crippen LogP contribution in [-0.2, 0) is 17.9 Å². The van der Waals surface area contributed by atoms with Gasteiger partial charge in [-0.1, -0.05) is 35.9 Å². The molecule has 39 heavy (non-hydrogen) atoms. The summed E-state index contributed by atoms with van der Waals surface area (Å²) in [5.41, 5.74) is 5.97. The van der Waals surface area contributed by atoms with Crippen molar-refractivity contribution in [2.45, 2.75) is 76.2 Å². The van der Waals surface area contributed by atoms with Crippen LogP contribution in [0.1, 0.15) is 60.4 Å². The normalized spacial score (nSPS) is 23.1. The first kappa shape index (κ1) is 27.6. The number of aromatic amines is 1. The van der Waals surface area contributed by atoms with Crippen molar-refractivity contribution in [2.75, 3.05) is 13.7 Å². The lowest BCUT2D eigenvalue weighted by Crippen LogP contribution is -2.40. The van der Waals surface area contributed by atoms with Gasteiger partial charge < -0.3 is 30.8 Å². The number of nitrogens with zero attached hydrogens (tertiary/aromatic N) is 1. The highest BCUT2D eigenvalue weighted by molar-refractivity contribution is 6.34. The summed E-state index contributed by atoms with van der Waals surface area (Å²) in [5, 5.41) is 21.3. The van der Waals surface area contributed by atoms with E-state index in [4.69, 9.17) is 21.3 Å². The Hall–Kier alpha value is -2.91. The molecule has 208 valence electrons. The second kappa shape index (κ2) is 12.5. The zero-order valence-electron chi connectivity index (χ0n) is 22.6. The fraction of sp³-hybridized carbons (Fsp3) is 0.467. The number of halogens is 1. The Morgan fingerprint density at radius 2 is 2.03 bits per heavy atom. The highest BCUT2D eigenvalue weighted by Gasteiger charge is 2.32. The van der Waals surface area contributed by atoms with Crippen LogP contribution in [0.15, 0.2) is 42.6 Å². The molecule has 8 nitrogen and oxygen atoms in total. The van der Waals surface area contributed by atoms with Gasteiger partial charge in [0.15, 0.2) is 0 Å². The molecule has 1 aliphatic carbocycles. The summed E-state index contributed by atoms with van der Waals surface area (Å²) in [6.45, 7) is 4.14. The van der Waals surface area contributed by atoms with Crippen molar-refractivity contribution in [1.29, 1.82) is 0 Å². The molecule has 5 N–H and O–H groups in total. The molecule has 9 heteroatoms. The Labute approximate surface area is 234 Å². The van der Waals surface area contributed by atoms with E-state index in [2.05, 4.69) is 40.0 Å². The second-order valence-electron chi connectivity index (χ2n) is 10.7. The molecule has 3 aromatic rings. The van der Waals surface area contributed by atoms with Gasteiger partial charge in [-0.2, -0.15) is 0 Å². The first-order valence-corrected chi connectivity index (χ1v) is 14.2. The van der Waals surface area contributed by atoms with Gasteiger partial charge in [0.1, 0.15) is 0 Å². The molecule has 4 atom stereocenters. The standard InChI is InChI=1S/C30H38ClN5O3/c1-18-12-13-33-27(18)17-34-25-10-8-21(37)14-24(25)22-4-3-5-23(29(22)31)26-9-6-19(30(36-26)39-2)15-32-16-20-7-11-28(38)35-20/h3-6,9,12-13,20-21,24-25,32-34,37H,7-8,10-11,14-17H2,1-2H3,(H,35,38)/t20-,21?,24?,25?/m0/s1. The SMILES string of the molecule is COc1nc(-c2cccc(C3CC(O)CCC3NCc3[nH]ccc3C)c2Cl)ccc1CNC[C@@H]1CCC(=O)N1. The van der Waals surface area contributed by atoms with Gasteiger partial charge in [-0.05, 0) is 55.9 Å². The number of rotatable bonds is 10. The lowest BCUT2D eigenvalue weighted by Gasteiger charge is -2.36. The van der Waals surface area contributed by atoms with E-state index in [-0.39, 0.29) is 30.0 Å². The number of hydrogen-bond donors (Lipinski definition) is 5. The van der Waals surface area contributed by atoms with Crippen molar-refractivity contribution >= 4 is 17.5 Å². The van der Waals surface area contributed by atoms with Crippen LogP contribution < -0.4 is 20.7 Å². The summed E-state index contributed by atoms with van der Waals surface area (Å²) >= 11 is 7.07. The predicted octanol–water partition coefficient (Wildman–Crippen LogP) is 4.20. The van der Waals surface area contributed by atoms with Gasteiger partial charge in [0.2, 0.25) is 11.8 Å². The molecule has 0 bridgehead atoms. The van der Waals surface area contributed by atoms with E-state index < -0.39 is 0 Å². The highest BCUT2D eigenvalue weighted by atomic mass is 35.5. The number of nitrogens with one attached hydrogen (secondary N) is 4. The van der Waals surface area contributed by atoms with Crippen molar-refractivity contribution in [3.05, 3.63) is 70.0 Å². The molecule has 2 aliphatic rings. The lowest BCUT2D eigenvalue weighted by molar-refractivity contribution is -0.119. The van der Waals surface area contributed by atoms with Gasteiger partial charge >= 0.3 is 0 Å². The van der Waals surface area contributed by atoms with E-state index in [0.29, 0.717) is 36.8 Å². The Morgan fingerprint density at radius 3 is 2.77 bits per heavy atom. The van der Waals surface area contributed by atoms with Crippen molar-refractivity contribution in [3.8, 4) is 17.1 Å². The van der Waals surface area contributed by atoms with Gasteiger partial charge in [-0.15, -0.1) is 0 Å². The van der Waals surface area contributed by atoms with Gasteiger partial charge in [0.25, 0.3) is 0 Å². The smallest absolute Gasteiger partial charge is 0.220 e. The topological polar surface area (TPSA) is 111 Å². The van der Waals surface area contributed by atoms with Crippen molar-refractivity contribution < 1.29 is 14.6 Å². The summed E-state index contributed by atoms with van der Waals surface area (Å²) < 4.78 is 5.63. The van der Waals surface area contributed by atoms with Crippen molar-refractivity contribution in [2.24, 2.45) is 0 Å². The molecular formula is C30H38ClN5O3. The molecule has 1 saturated carbocycles. The lowest BCUT2D eigenvalue weighted by atomic mass is 9.78. The minimum Gasteiger partial charge on any atom is -0.481 e. The quantitative estimate of drug-likeness (QED) is 0.258. The zero-order chi connectivity index (χ0) is 27.4. The molecule has 1 aliphatic heterocycles. The van der Waals surface area contributed by atoms with Crippen LogP contribution in [0.25, 0.3) is 11.3 Å². The molecule has 5 rings (SSSR count). The van der Waals surface area contributed by atoms with Crippen LogP contribution in [0.2, 0.25) is 5.02 Å². The number of carbonyl (C=O) groups excluding carboxylic acids is 1. The maximum absolute atomic E-state index is 11.4. The van der Waals surface area contributed by atoms with Crippen molar-refractivity contribution in [3.63, 3.8) is 0 Å². The maximum Gasteiger partial charge on any atom is 0.220 e. The number of aliphatic hydroxyl groups excluding tert-OH is 1. The predicted molar refractivity (Wildman–Crippen MR) is 153 cm³/mol. The van der Waals surface area contributed by atoms with Gasteiger partial charge in [-0.3, -0.25) is 4.79 Å².